The molecule has 1 fully saturated rings. The van der Waals surface area contributed by atoms with Gasteiger partial charge in [0.05, 0.1) is 5.92 Å². The molecular formula is C14H15FN4O3. The molecule has 0 bridgehead atoms. The minimum absolute atomic E-state index is 0.135. The third-order valence-corrected chi connectivity index (χ3v) is 3.71. The molecule has 0 unspecified atom stereocenters. The maximum atomic E-state index is 12.9. The number of carbonyl (C=O) groups excluding carboxylic acids is 1. The Kier molecular flexibility index (Phi) is 3.76. The van der Waals surface area contributed by atoms with E-state index in [1.807, 2.05) is 4.90 Å². The highest BCUT2D eigenvalue weighted by molar-refractivity contribution is 5.77. The van der Waals surface area contributed by atoms with Gasteiger partial charge in [0.15, 0.2) is 0 Å². The fraction of sp³-hybridized carbons (Fsp3) is 0.357. The topological polar surface area (TPSA) is 94.4 Å². The Labute approximate surface area is 125 Å². The van der Waals surface area contributed by atoms with Gasteiger partial charge in [0.2, 0.25) is 11.8 Å². The quantitative estimate of drug-likeness (QED) is 0.882. The van der Waals surface area contributed by atoms with Crippen LogP contribution in [0.2, 0.25) is 0 Å². The van der Waals surface area contributed by atoms with Gasteiger partial charge >= 0.3 is 5.76 Å². The number of amides is 1. The van der Waals surface area contributed by atoms with Crippen molar-refractivity contribution in [2.24, 2.45) is 11.7 Å². The van der Waals surface area contributed by atoms with Crippen molar-refractivity contribution < 1.29 is 13.6 Å². The summed E-state index contributed by atoms with van der Waals surface area (Å²) in [6, 6.07) is 5.52. The van der Waals surface area contributed by atoms with Crippen LogP contribution in [0.15, 0.2) is 33.5 Å². The molecule has 1 aliphatic heterocycles. The van der Waals surface area contributed by atoms with Crippen LogP contribution >= 0.6 is 0 Å². The molecule has 8 heteroatoms. The van der Waals surface area contributed by atoms with Crippen LogP contribution in [0.25, 0.3) is 11.5 Å². The van der Waals surface area contributed by atoms with Gasteiger partial charge in [0.25, 0.3) is 0 Å². The maximum absolute atomic E-state index is 12.9. The zero-order chi connectivity index (χ0) is 15.7. The van der Waals surface area contributed by atoms with Gasteiger partial charge in [0.1, 0.15) is 12.5 Å². The second-order valence-corrected chi connectivity index (χ2v) is 5.29. The molecule has 1 atom stereocenters. The molecule has 0 spiro atoms. The van der Waals surface area contributed by atoms with Crippen molar-refractivity contribution in [1.29, 1.82) is 0 Å². The molecule has 1 aliphatic rings. The molecule has 2 aromatic rings. The Balaban J connectivity index is 1.75. The standard InChI is InChI=1S/C14H15FN4O3/c15-11-3-1-9(2-4-11)13-17-19(14(21)22-13)8-18-6-5-10(7-18)12(16)20/h1-4,10H,5-8H2,(H2,16,20)/t10-/m0/s1. The summed E-state index contributed by atoms with van der Waals surface area (Å²) in [4.78, 5) is 24.9. The average Bonchev–Trinajstić information content (AvgIpc) is 3.08. The van der Waals surface area contributed by atoms with Crippen molar-refractivity contribution in [2.75, 3.05) is 13.1 Å². The summed E-state index contributed by atoms with van der Waals surface area (Å²) in [5.41, 5.74) is 5.80. The van der Waals surface area contributed by atoms with Crippen molar-refractivity contribution >= 4 is 5.91 Å². The number of nitrogens with two attached hydrogens (primary N) is 1. The highest BCUT2D eigenvalue weighted by Crippen LogP contribution is 2.18. The van der Waals surface area contributed by atoms with E-state index in [9.17, 15) is 14.0 Å². The molecule has 1 aromatic carbocycles. The fourth-order valence-electron chi connectivity index (χ4n) is 2.49. The second-order valence-electron chi connectivity index (χ2n) is 5.29. The van der Waals surface area contributed by atoms with Crippen molar-refractivity contribution in [3.63, 3.8) is 0 Å². The predicted molar refractivity (Wildman–Crippen MR) is 75.0 cm³/mol. The minimum Gasteiger partial charge on any atom is -0.388 e. The third-order valence-electron chi connectivity index (χ3n) is 3.71. The largest absolute Gasteiger partial charge is 0.438 e. The summed E-state index contributed by atoms with van der Waals surface area (Å²) < 4.78 is 19.2. The van der Waals surface area contributed by atoms with E-state index in [0.717, 1.165) is 0 Å². The Morgan fingerprint density at radius 2 is 2.14 bits per heavy atom. The molecule has 116 valence electrons. The van der Waals surface area contributed by atoms with E-state index in [0.29, 0.717) is 25.1 Å². The van der Waals surface area contributed by atoms with Crippen molar-refractivity contribution in [3.8, 4) is 11.5 Å². The molecule has 1 aromatic heterocycles. The van der Waals surface area contributed by atoms with E-state index in [1.54, 1.807) is 0 Å². The molecule has 0 saturated carbocycles. The van der Waals surface area contributed by atoms with Gasteiger partial charge in [-0.2, -0.15) is 4.68 Å². The van der Waals surface area contributed by atoms with Gasteiger partial charge in [-0.15, -0.1) is 5.10 Å². The highest BCUT2D eigenvalue weighted by Gasteiger charge is 2.27. The summed E-state index contributed by atoms with van der Waals surface area (Å²) in [6.45, 7) is 1.40. The first-order valence-corrected chi connectivity index (χ1v) is 6.88. The number of likely N-dealkylation sites (tertiary alicyclic amines) is 1. The molecular weight excluding hydrogens is 291 g/mol. The Morgan fingerprint density at radius 3 is 2.77 bits per heavy atom. The zero-order valence-corrected chi connectivity index (χ0v) is 11.7. The SMILES string of the molecule is NC(=O)[C@H]1CCN(Cn2nc(-c3ccc(F)cc3)oc2=O)C1. The number of aromatic nitrogens is 2. The van der Waals surface area contributed by atoms with Gasteiger partial charge < -0.3 is 10.2 Å². The first-order chi connectivity index (χ1) is 10.5. The van der Waals surface area contributed by atoms with Crippen LogP contribution in [0, 0.1) is 11.7 Å². The highest BCUT2D eigenvalue weighted by atomic mass is 19.1. The lowest BCUT2D eigenvalue weighted by atomic mass is 10.1. The van der Waals surface area contributed by atoms with Crippen LogP contribution in [0.3, 0.4) is 0 Å². The van der Waals surface area contributed by atoms with Gasteiger partial charge in [-0.25, -0.2) is 9.18 Å². The first kappa shape index (κ1) is 14.5. The van der Waals surface area contributed by atoms with Gasteiger partial charge in [-0.05, 0) is 30.7 Å². The summed E-state index contributed by atoms with van der Waals surface area (Å²) in [6.07, 6.45) is 0.673. The van der Waals surface area contributed by atoms with Crippen molar-refractivity contribution in [1.82, 2.24) is 14.7 Å². The number of benzene rings is 1. The van der Waals surface area contributed by atoms with E-state index >= 15 is 0 Å². The Morgan fingerprint density at radius 1 is 1.41 bits per heavy atom. The number of hydrogen-bond acceptors (Lipinski definition) is 5. The van der Waals surface area contributed by atoms with E-state index < -0.39 is 5.76 Å². The molecule has 2 heterocycles. The van der Waals surface area contributed by atoms with Crippen LogP contribution < -0.4 is 11.5 Å². The lowest BCUT2D eigenvalue weighted by Gasteiger charge is -2.13. The summed E-state index contributed by atoms with van der Waals surface area (Å²) >= 11 is 0. The Bertz CT molecular complexity index is 737. The third kappa shape index (κ3) is 2.91. The molecule has 1 amide bonds. The molecule has 0 aliphatic carbocycles. The number of hydrogen-bond donors (Lipinski definition) is 1. The molecule has 0 radical (unpaired) electrons. The minimum atomic E-state index is -0.596. The van der Waals surface area contributed by atoms with Crippen molar-refractivity contribution in [2.45, 2.75) is 13.1 Å². The number of rotatable bonds is 4. The van der Waals surface area contributed by atoms with Gasteiger partial charge in [-0.1, -0.05) is 0 Å². The number of halogens is 1. The molecule has 2 N–H and O–H groups in total. The van der Waals surface area contributed by atoms with E-state index in [2.05, 4.69) is 5.10 Å². The lowest BCUT2D eigenvalue weighted by molar-refractivity contribution is -0.121. The molecule has 7 nitrogen and oxygen atoms in total. The fourth-order valence-corrected chi connectivity index (χ4v) is 2.49. The molecule has 1 saturated heterocycles. The van der Waals surface area contributed by atoms with Crippen LogP contribution in [0.5, 0.6) is 0 Å². The normalized spacial score (nSPS) is 18.7. The summed E-state index contributed by atoms with van der Waals surface area (Å²) in [5, 5.41) is 4.10. The van der Waals surface area contributed by atoms with Crippen LogP contribution in [-0.4, -0.2) is 33.7 Å². The van der Waals surface area contributed by atoms with Crippen LogP contribution in [0.1, 0.15) is 6.42 Å². The van der Waals surface area contributed by atoms with Crippen molar-refractivity contribution in [3.05, 3.63) is 40.6 Å². The first-order valence-electron chi connectivity index (χ1n) is 6.88. The summed E-state index contributed by atoms with van der Waals surface area (Å²) in [7, 11) is 0. The monoisotopic (exact) mass is 306 g/mol. The summed E-state index contributed by atoms with van der Waals surface area (Å²) in [5.74, 6) is -1.36. The van der Waals surface area contributed by atoms with Crippen LogP contribution in [0.4, 0.5) is 4.39 Å². The molecule has 22 heavy (non-hydrogen) atoms. The molecule has 3 rings (SSSR count). The van der Waals surface area contributed by atoms with Crippen LogP contribution in [-0.2, 0) is 11.5 Å². The maximum Gasteiger partial charge on any atom is 0.438 e. The number of carbonyl (C=O) groups is 1. The smallest absolute Gasteiger partial charge is 0.388 e. The zero-order valence-electron chi connectivity index (χ0n) is 11.7. The number of primary amides is 1. The van der Waals surface area contributed by atoms with E-state index in [4.69, 9.17) is 10.2 Å². The predicted octanol–water partition coefficient (Wildman–Crippen LogP) is 0.407. The van der Waals surface area contributed by atoms with E-state index in [1.165, 1.54) is 28.9 Å². The van der Waals surface area contributed by atoms with Gasteiger partial charge in [-0.3, -0.25) is 9.69 Å². The lowest BCUT2D eigenvalue weighted by Crippen LogP contribution is -2.32. The van der Waals surface area contributed by atoms with E-state index in [-0.39, 0.29) is 30.2 Å². The Hall–Kier alpha value is -2.48. The van der Waals surface area contributed by atoms with Gasteiger partial charge in [0, 0.05) is 18.7 Å². The average molecular weight is 306 g/mol. The number of nitrogens with zero attached hydrogens (tertiary/aromatic N) is 3. The second kappa shape index (κ2) is 5.72.